The zero-order valence-corrected chi connectivity index (χ0v) is 17.3. The number of pyridine rings is 1. The third kappa shape index (κ3) is 6.95. The van der Waals surface area contributed by atoms with Crippen molar-refractivity contribution in [2.75, 3.05) is 13.1 Å². The van der Waals surface area contributed by atoms with E-state index in [1.165, 1.54) is 29.4 Å². The summed E-state index contributed by atoms with van der Waals surface area (Å²) in [5.41, 5.74) is 2.55. The summed E-state index contributed by atoms with van der Waals surface area (Å²) in [6, 6.07) is 11.6. The molecule has 0 aliphatic heterocycles. The highest BCUT2D eigenvalue weighted by molar-refractivity contribution is 5.92. The molecule has 160 valence electrons. The first kappa shape index (κ1) is 22.0. The van der Waals surface area contributed by atoms with Crippen molar-refractivity contribution in [3.05, 3.63) is 89.5 Å². The number of benzene rings is 1. The maximum absolute atomic E-state index is 13.2. The summed E-state index contributed by atoms with van der Waals surface area (Å²) in [7, 11) is 0. The lowest BCUT2D eigenvalue weighted by molar-refractivity contribution is -0.121. The van der Waals surface area contributed by atoms with Gasteiger partial charge in [-0.3, -0.25) is 19.6 Å². The summed E-state index contributed by atoms with van der Waals surface area (Å²) < 4.78 is 13.2. The molecule has 0 spiro atoms. The first-order chi connectivity index (χ1) is 15.0. The Balaban J connectivity index is 1.60. The summed E-state index contributed by atoms with van der Waals surface area (Å²) in [5, 5.41) is 2.85. The second-order valence-corrected chi connectivity index (χ2v) is 7.07. The van der Waals surface area contributed by atoms with Crippen molar-refractivity contribution >= 4 is 11.8 Å². The van der Waals surface area contributed by atoms with Crippen LogP contribution in [-0.2, 0) is 17.8 Å². The van der Waals surface area contributed by atoms with Crippen molar-refractivity contribution in [2.24, 2.45) is 0 Å². The third-order valence-corrected chi connectivity index (χ3v) is 4.61. The highest BCUT2D eigenvalue weighted by Crippen LogP contribution is 2.11. The molecule has 2 aromatic heterocycles. The van der Waals surface area contributed by atoms with E-state index in [1.54, 1.807) is 25.3 Å². The molecule has 0 saturated heterocycles. The van der Waals surface area contributed by atoms with Gasteiger partial charge in [0.05, 0.1) is 11.9 Å². The lowest BCUT2D eigenvalue weighted by atomic mass is 10.2. The second-order valence-electron chi connectivity index (χ2n) is 7.07. The fourth-order valence-electron chi connectivity index (χ4n) is 2.93. The van der Waals surface area contributed by atoms with Crippen molar-refractivity contribution in [1.29, 1.82) is 0 Å². The number of aromatic nitrogens is 3. The average Bonchev–Trinajstić information content (AvgIpc) is 2.79. The van der Waals surface area contributed by atoms with Crippen LogP contribution >= 0.6 is 0 Å². The van der Waals surface area contributed by atoms with E-state index in [0.29, 0.717) is 18.7 Å². The predicted molar refractivity (Wildman–Crippen MR) is 113 cm³/mol. The maximum atomic E-state index is 13.2. The van der Waals surface area contributed by atoms with E-state index in [4.69, 9.17) is 0 Å². The van der Waals surface area contributed by atoms with Crippen LogP contribution in [0.5, 0.6) is 0 Å². The maximum Gasteiger partial charge on any atom is 0.274 e. The summed E-state index contributed by atoms with van der Waals surface area (Å²) in [4.78, 5) is 39.2. The Bertz CT molecular complexity index is 995. The van der Waals surface area contributed by atoms with Gasteiger partial charge in [0.25, 0.3) is 5.91 Å². The molecule has 0 aliphatic rings. The van der Waals surface area contributed by atoms with Crippen LogP contribution in [0.15, 0.2) is 61.1 Å². The number of hydrogen-bond acceptors (Lipinski definition) is 5. The molecule has 0 radical (unpaired) electrons. The Morgan fingerprint density at radius 2 is 1.84 bits per heavy atom. The molecule has 0 fully saturated rings. The lowest BCUT2D eigenvalue weighted by Crippen LogP contribution is -2.36. The second kappa shape index (κ2) is 10.9. The number of halogens is 1. The quantitative estimate of drug-likeness (QED) is 0.574. The van der Waals surface area contributed by atoms with Crippen molar-refractivity contribution in [3.63, 3.8) is 0 Å². The van der Waals surface area contributed by atoms with E-state index in [0.717, 1.165) is 11.3 Å². The third-order valence-electron chi connectivity index (χ3n) is 4.61. The Morgan fingerprint density at radius 1 is 1.03 bits per heavy atom. The molecule has 0 bridgehead atoms. The summed E-state index contributed by atoms with van der Waals surface area (Å²) >= 11 is 0. The number of nitrogens with zero attached hydrogens (tertiary/aromatic N) is 4. The fourth-order valence-corrected chi connectivity index (χ4v) is 2.93. The Kier molecular flexibility index (Phi) is 7.75. The average molecular weight is 421 g/mol. The largest absolute Gasteiger partial charge is 0.356 e. The molecule has 3 rings (SSSR count). The van der Waals surface area contributed by atoms with Crippen LogP contribution in [0.1, 0.15) is 33.9 Å². The molecular formula is C23H24FN5O2. The molecule has 7 nitrogen and oxygen atoms in total. The number of carbonyl (C=O) groups excluding carboxylic acids is 2. The Hall–Kier alpha value is -3.68. The zero-order chi connectivity index (χ0) is 22.1. The molecule has 8 heteroatoms. The smallest absolute Gasteiger partial charge is 0.274 e. The molecule has 2 heterocycles. The Morgan fingerprint density at radius 3 is 2.52 bits per heavy atom. The standard InChI is InChI=1S/C23H24FN5O2/c1-17-14-28-21(15-27-17)23(31)29(16-18-5-7-19(24)8-6-18)13-10-22(30)26-12-9-20-4-2-3-11-25-20/h2-8,11,14-15H,9-10,12-13,16H2,1H3,(H,26,30). The molecule has 0 unspecified atom stereocenters. The van der Waals surface area contributed by atoms with E-state index in [2.05, 4.69) is 20.3 Å². The summed E-state index contributed by atoms with van der Waals surface area (Å²) in [5.74, 6) is -0.848. The van der Waals surface area contributed by atoms with Gasteiger partial charge < -0.3 is 10.2 Å². The Labute approximate surface area is 180 Å². The van der Waals surface area contributed by atoms with Crippen molar-refractivity contribution < 1.29 is 14.0 Å². The van der Waals surface area contributed by atoms with Gasteiger partial charge in [0.1, 0.15) is 11.5 Å². The number of hydrogen-bond donors (Lipinski definition) is 1. The van der Waals surface area contributed by atoms with Gasteiger partial charge in [-0.15, -0.1) is 0 Å². The highest BCUT2D eigenvalue weighted by atomic mass is 19.1. The number of amides is 2. The van der Waals surface area contributed by atoms with Crippen LogP contribution < -0.4 is 5.32 Å². The van der Waals surface area contributed by atoms with E-state index >= 15 is 0 Å². The summed E-state index contributed by atoms with van der Waals surface area (Å²) in [6.07, 6.45) is 5.41. The van der Waals surface area contributed by atoms with Gasteiger partial charge in [0.2, 0.25) is 5.91 Å². The lowest BCUT2D eigenvalue weighted by Gasteiger charge is -2.22. The fraction of sp³-hybridized carbons (Fsp3) is 0.261. The molecule has 1 aromatic carbocycles. The van der Waals surface area contributed by atoms with Crippen LogP contribution in [0.2, 0.25) is 0 Å². The molecule has 0 atom stereocenters. The van der Waals surface area contributed by atoms with Gasteiger partial charge in [0, 0.05) is 50.6 Å². The number of carbonyl (C=O) groups is 2. The van der Waals surface area contributed by atoms with E-state index in [1.807, 2.05) is 18.2 Å². The van der Waals surface area contributed by atoms with Gasteiger partial charge in [-0.05, 0) is 36.8 Å². The first-order valence-corrected chi connectivity index (χ1v) is 10.0. The van der Waals surface area contributed by atoms with Crippen LogP contribution in [-0.4, -0.2) is 44.8 Å². The van der Waals surface area contributed by atoms with Crippen LogP contribution in [0, 0.1) is 12.7 Å². The van der Waals surface area contributed by atoms with Gasteiger partial charge >= 0.3 is 0 Å². The number of nitrogens with one attached hydrogen (secondary N) is 1. The SMILES string of the molecule is Cc1cnc(C(=O)N(CCC(=O)NCCc2ccccn2)Cc2ccc(F)cc2)cn1. The first-order valence-electron chi connectivity index (χ1n) is 10.0. The van der Waals surface area contributed by atoms with Gasteiger partial charge in [-0.2, -0.15) is 0 Å². The molecule has 0 saturated carbocycles. The zero-order valence-electron chi connectivity index (χ0n) is 17.3. The van der Waals surface area contributed by atoms with Gasteiger partial charge in [0.15, 0.2) is 0 Å². The normalized spacial score (nSPS) is 10.5. The molecule has 3 aromatic rings. The minimum absolute atomic E-state index is 0.133. The molecule has 31 heavy (non-hydrogen) atoms. The van der Waals surface area contributed by atoms with Gasteiger partial charge in [-0.1, -0.05) is 18.2 Å². The highest BCUT2D eigenvalue weighted by Gasteiger charge is 2.19. The number of aryl methyl sites for hydroxylation is 1. The van der Waals surface area contributed by atoms with E-state index in [9.17, 15) is 14.0 Å². The van der Waals surface area contributed by atoms with Crippen molar-refractivity contribution in [3.8, 4) is 0 Å². The van der Waals surface area contributed by atoms with Crippen molar-refractivity contribution in [2.45, 2.75) is 26.3 Å². The van der Waals surface area contributed by atoms with Crippen LogP contribution in [0.3, 0.4) is 0 Å². The topological polar surface area (TPSA) is 88.1 Å². The van der Waals surface area contributed by atoms with Crippen molar-refractivity contribution in [1.82, 2.24) is 25.2 Å². The molecule has 0 aliphatic carbocycles. The molecule has 2 amide bonds. The van der Waals surface area contributed by atoms with Crippen LogP contribution in [0.25, 0.3) is 0 Å². The summed E-state index contributed by atoms with van der Waals surface area (Å²) in [6.45, 7) is 2.68. The monoisotopic (exact) mass is 421 g/mol. The van der Waals surface area contributed by atoms with E-state index < -0.39 is 0 Å². The predicted octanol–water partition coefficient (Wildman–Crippen LogP) is 2.71. The van der Waals surface area contributed by atoms with Gasteiger partial charge in [-0.25, -0.2) is 9.37 Å². The minimum atomic E-state index is -0.349. The molecular weight excluding hydrogens is 397 g/mol. The molecule has 1 N–H and O–H groups in total. The number of rotatable bonds is 9. The van der Waals surface area contributed by atoms with E-state index in [-0.39, 0.29) is 42.8 Å². The van der Waals surface area contributed by atoms with Crippen LogP contribution in [0.4, 0.5) is 4.39 Å². The minimum Gasteiger partial charge on any atom is -0.356 e.